The van der Waals surface area contributed by atoms with Gasteiger partial charge in [0, 0.05) is 0 Å². The van der Waals surface area contributed by atoms with Crippen LogP contribution in [0.1, 0.15) is 25.7 Å². The summed E-state index contributed by atoms with van der Waals surface area (Å²) in [7, 11) is 0. The number of carbonyl (C=O) groups excluding carboxylic acids is 1. The zero-order valence-electron chi connectivity index (χ0n) is 7.52. The van der Waals surface area contributed by atoms with E-state index in [9.17, 15) is 23.1 Å². The second-order valence-electron chi connectivity index (χ2n) is 3.54. The van der Waals surface area contributed by atoms with Gasteiger partial charge in [-0.25, -0.2) is 0 Å². The first-order valence-electron chi connectivity index (χ1n) is 4.31. The van der Waals surface area contributed by atoms with Crippen LogP contribution in [-0.4, -0.2) is 22.7 Å². The molecule has 0 amide bonds. The third-order valence-corrected chi connectivity index (χ3v) is 2.47. The van der Waals surface area contributed by atoms with E-state index in [1.54, 1.807) is 0 Å². The lowest BCUT2D eigenvalue weighted by Crippen LogP contribution is -2.39. The van der Waals surface area contributed by atoms with Crippen molar-refractivity contribution < 1.29 is 23.1 Å². The van der Waals surface area contributed by atoms with Crippen molar-refractivity contribution >= 4 is 5.78 Å². The van der Waals surface area contributed by atoms with Crippen LogP contribution < -0.4 is 0 Å². The Bertz CT molecular complexity index is 262. The van der Waals surface area contributed by atoms with E-state index < -0.39 is 23.1 Å². The van der Waals surface area contributed by atoms with Gasteiger partial charge in [0.05, 0.1) is 5.57 Å². The number of halogens is 3. The summed E-state index contributed by atoms with van der Waals surface area (Å²) >= 11 is 0. The van der Waals surface area contributed by atoms with Gasteiger partial charge in [-0.05, 0) is 25.7 Å². The molecule has 0 aromatic carbocycles. The molecule has 2 nitrogen and oxygen atoms in total. The van der Waals surface area contributed by atoms with Crippen LogP contribution in [-0.2, 0) is 4.79 Å². The predicted molar refractivity (Wildman–Crippen MR) is 43.6 cm³/mol. The summed E-state index contributed by atoms with van der Waals surface area (Å²) in [6.07, 6.45) is -3.39. The number of hydrogen-bond acceptors (Lipinski definition) is 2. The standard InChI is InChI=1S/C9H11F3O2/c1-6(9(10,11)12)7(13)8(14)4-2-3-5-8/h14H,1-5H2. The Hall–Kier alpha value is -0.840. The Morgan fingerprint density at radius 2 is 1.71 bits per heavy atom. The molecule has 0 atom stereocenters. The van der Waals surface area contributed by atoms with Gasteiger partial charge in [0.2, 0.25) is 0 Å². The van der Waals surface area contributed by atoms with Gasteiger partial charge in [-0.15, -0.1) is 0 Å². The lowest BCUT2D eigenvalue weighted by Gasteiger charge is -2.22. The predicted octanol–water partition coefficient (Wildman–Crippen LogP) is 1.98. The van der Waals surface area contributed by atoms with Crippen molar-refractivity contribution in [3.8, 4) is 0 Å². The summed E-state index contributed by atoms with van der Waals surface area (Å²) < 4.78 is 36.3. The average Bonchev–Trinajstić information content (AvgIpc) is 2.49. The van der Waals surface area contributed by atoms with Crippen LogP contribution in [0.5, 0.6) is 0 Å². The first-order chi connectivity index (χ1) is 6.27. The van der Waals surface area contributed by atoms with Crippen molar-refractivity contribution in [3.63, 3.8) is 0 Å². The Balaban J connectivity index is 2.80. The quantitative estimate of drug-likeness (QED) is 0.704. The van der Waals surface area contributed by atoms with Gasteiger partial charge in [-0.2, -0.15) is 13.2 Å². The number of ketones is 1. The molecule has 0 heterocycles. The van der Waals surface area contributed by atoms with Gasteiger partial charge in [0.15, 0.2) is 5.78 Å². The third-order valence-electron chi connectivity index (χ3n) is 2.47. The second kappa shape index (κ2) is 3.38. The fourth-order valence-corrected chi connectivity index (χ4v) is 1.60. The molecule has 1 saturated carbocycles. The molecule has 14 heavy (non-hydrogen) atoms. The molecule has 1 aliphatic carbocycles. The first-order valence-corrected chi connectivity index (χ1v) is 4.31. The van der Waals surface area contributed by atoms with Crippen molar-refractivity contribution in [2.24, 2.45) is 0 Å². The number of alkyl halides is 3. The molecule has 1 N–H and O–H groups in total. The molecular formula is C9H11F3O2. The maximum atomic E-state index is 12.1. The summed E-state index contributed by atoms with van der Waals surface area (Å²) in [4.78, 5) is 11.2. The molecule has 0 aromatic rings. The zero-order chi connectivity index (χ0) is 11.0. The fraction of sp³-hybridized carbons (Fsp3) is 0.667. The van der Waals surface area contributed by atoms with E-state index in [2.05, 4.69) is 6.58 Å². The van der Waals surface area contributed by atoms with E-state index in [1.165, 1.54) is 0 Å². The highest BCUT2D eigenvalue weighted by Gasteiger charge is 2.47. The normalized spacial score (nSPS) is 20.9. The number of hydrogen-bond donors (Lipinski definition) is 1. The third kappa shape index (κ3) is 1.97. The number of carbonyl (C=O) groups is 1. The van der Waals surface area contributed by atoms with Gasteiger partial charge in [-0.1, -0.05) is 6.58 Å². The lowest BCUT2D eigenvalue weighted by molar-refractivity contribution is -0.144. The van der Waals surface area contributed by atoms with Crippen molar-refractivity contribution in [3.05, 3.63) is 12.2 Å². The number of aliphatic hydroxyl groups is 1. The molecular weight excluding hydrogens is 197 g/mol. The number of rotatable bonds is 2. The highest BCUT2D eigenvalue weighted by molar-refractivity contribution is 6.02. The van der Waals surface area contributed by atoms with Crippen LogP contribution in [0.3, 0.4) is 0 Å². The smallest absolute Gasteiger partial charge is 0.382 e. The van der Waals surface area contributed by atoms with Crippen molar-refractivity contribution in [2.75, 3.05) is 0 Å². The topological polar surface area (TPSA) is 37.3 Å². The molecule has 1 fully saturated rings. The molecule has 5 heteroatoms. The molecule has 0 radical (unpaired) electrons. The fourth-order valence-electron chi connectivity index (χ4n) is 1.60. The second-order valence-corrected chi connectivity index (χ2v) is 3.54. The molecule has 0 unspecified atom stereocenters. The summed E-state index contributed by atoms with van der Waals surface area (Å²) in [5, 5.41) is 9.58. The Kier molecular flexibility index (Phi) is 2.71. The SMILES string of the molecule is C=C(C(=O)C1(O)CCCC1)C(F)(F)F. The summed E-state index contributed by atoms with van der Waals surface area (Å²) in [5.41, 5.74) is -3.28. The highest BCUT2D eigenvalue weighted by atomic mass is 19.4. The molecule has 1 aliphatic rings. The molecule has 0 aliphatic heterocycles. The van der Waals surface area contributed by atoms with E-state index in [4.69, 9.17) is 0 Å². The average molecular weight is 208 g/mol. The van der Waals surface area contributed by atoms with Crippen LogP contribution >= 0.6 is 0 Å². The van der Waals surface area contributed by atoms with Crippen LogP contribution in [0.2, 0.25) is 0 Å². The molecule has 0 bridgehead atoms. The van der Waals surface area contributed by atoms with Crippen LogP contribution in [0.25, 0.3) is 0 Å². The lowest BCUT2D eigenvalue weighted by atomic mass is 9.92. The molecule has 1 rings (SSSR count). The van der Waals surface area contributed by atoms with E-state index in [0.29, 0.717) is 12.8 Å². The van der Waals surface area contributed by atoms with Gasteiger partial charge >= 0.3 is 6.18 Å². The van der Waals surface area contributed by atoms with Gasteiger partial charge in [-0.3, -0.25) is 4.79 Å². The van der Waals surface area contributed by atoms with Gasteiger partial charge in [0.1, 0.15) is 5.60 Å². The van der Waals surface area contributed by atoms with Crippen molar-refractivity contribution in [1.29, 1.82) is 0 Å². The van der Waals surface area contributed by atoms with E-state index in [-0.39, 0.29) is 12.8 Å². The van der Waals surface area contributed by atoms with Gasteiger partial charge < -0.3 is 5.11 Å². The minimum Gasteiger partial charge on any atom is -0.382 e. The van der Waals surface area contributed by atoms with E-state index in [1.807, 2.05) is 0 Å². The first kappa shape index (κ1) is 11.2. The Labute approximate surface area is 79.4 Å². The molecule has 0 spiro atoms. The molecule has 80 valence electrons. The monoisotopic (exact) mass is 208 g/mol. The van der Waals surface area contributed by atoms with Crippen LogP contribution in [0.15, 0.2) is 12.2 Å². The minimum absolute atomic E-state index is 0.0981. The number of Topliss-reactive ketones (excluding diaryl/α,β-unsaturated/α-hetero) is 1. The Morgan fingerprint density at radius 3 is 2.07 bits per heavy atom. The highest BCUT2D eigenvalue weighted by Crippen LogP contribution is 2.36. The summed E-state index contributed by atoms with van der Waals surface area (Å²) in [6.45, 7) is 2.68. The van der Waals surface area contributed by atoms with Crippen molar-refractivity contribution in [1.82, 2.24) is 0 Å². The zero-order valence-corrected chi connectivity index (χ0v) is 7.52. The van der Waals surface area contributed by atoms with Crippen molar-refractivity contribution in [2.45, 2.75) is 37.5 Å². The maximum Gasteiger partial charge on any atom is 0.419 e. The minimum atomic E-state index is -4.74. The van der Waals surface area contributed by atoms with E-state index >= 15 is 0 Å². The Morgan fingerprint density at radius 1 is 1.29 bits per heavy atom. The van der Waals surface area contributed by atoms with E-state index in [0.717, 1.165) is 0 Å². The molecule has 0 saturated heterocycles. The van der Waals surface area contributed by atoms with Crippen LogP contribution in [0, 0.1) is 0 Å². The largest absolute Gasteiger partial charge is 0.419 e. The summed E-state index contributed by atoms with van der Waals surface area (Å²) in [5.74, 6) is -1.28. The summed E-state index contributed by atoms with van der Waals surface area (Å²) in [6, 6.07) is 0. The maximum absolute atomic E-state index is 12.1. The van der Waals surface area contributed by atoms with Gasteiger partial charge in [0.25, 0.3) is 0 Å². The van der Waals surface area contributed by atoms with Crippen LogP contribution in [0.4, 0.5) is 13.2 Å². The molecule has 0 aromatic heterocycles.